The van der Waals surface area contributed by atoms with Crippen molar-refractivity contribution in [3.05, 3.63) is 77.2 Å². The molecule has 2 heterocycles. The van der Waals surface area contributed by atoms with Crippen LogP contribution in [0.5, 0.6) is 17.2 Å². The predicted molar refractivity (Wildman–Crippen MR) is 141 cm³/mol. The number of ether oxygens (including phenoxy) is 2. The Morgan fingerprint density at radius 3 is 2.46 bits per heavy atom. The molecular weight excluding hydrogens is 438 g/mol. The van der Waals surface area contributed by atoms with Crippen molar-refractivity contribution in [2.24, 2.45) is 5.92 Å². The van der Waals surface area contributed by atoms with Crippen molar-refractivity contribution < 1.29 is 14.3 Å². The summed E-state index contributed by atoms with van der Waals surface area (Å²) in [4.78, 5) is 17.5. The van der Waals surface area contributed by atoms with Gasteiger partial charge in [0.1, 0.15) is 17.2 Å². The van der Waals surface area contributed by atoms with E-state index in [1.54, 1.807) is 6.20 Å². The number of hydrogen-bond donors (Lipinski definition) is 1. The highest BCUT2D eigenvalue weighted by Gasteiger charge is 2.17. The number of aryl methyl sites for hydroxylation is 3. The van der Waals surface area contributed by atoms with E-state index in [1.807, 2.05) is 55.1 Å². The number of amides is 1. The Bertz CT molecular complexity index is 1370. The van der Waals surface area contributed by atoms with Crippen LogP contribution in [-0.4, -0.2) is 22.1 Å². The lowest BCUT2D eigenvalue weighted by molar-refractivity contribution is 0.102. The first-order valence-electron chi connectivity index (χ1n) is 12.0. The molecule has 0 aliphatic carbocycles. The van der Waals surface area contributed by atoms with E-state index >= 15 is 0 Å². The molecule has 1 N–H and O–H groups in total. The number of carbonyl (C=O) groups is 1. The van der Waals surface area contributed by atoms with E-state index in [0.29, 0.717) is 29.5 Å². The number of aromatic nitrogens is 2. The van der Waals surface area contributed by atoms with E-state index in [4.69, 9.17) is 9.47 Å². The van der Waals surface area contributed by atoms with Gasteiger partial charge in [-0.3, -0.25) is 9.78 Å². The summed E-state index contributed by atoms with van der Waals surface area (Å²) in [6, 6.07) is 11.7. The van der Waals surface area contributed by atoms with Gasteiger partial charge in [0.2, 0.25) is 0 Å². The molecule has 0 unspecified atom stereocenters. The number of rotatable bonds is 8. The molecule has 4 rings (SSSR count). The quantitative estimate of drug-likeness (QED) is 0.299. The Labute approximate surface area is 206 Å². The second-order valence-corrected chi connectivity index (χ2v) is 9.36. The van der Waals surface area contributed by atoms with Crippen LogP contribution in [0.25, 0.3) is 10.9 Å². The lowest BCUT2D eigenvalue weighted by atomic mass is 10.1. The second-order valence-electron chi connectivity index (χ2n) is 9.36. The number of nitrogens with zero attached hydrogens (tertiary/aromatic N) is 2. The van der Waals surface area contributed by atoms with E-state index in [9.17, 15) is 4.79 Å². The van der Waals surface area contributed by atoms with Crippen LogP contribution >= 0.6 is 0 Å². The molecule has 6 nitrogen and oxygen atoms in total. The lowest BCUT2D eigenvalue weighted by Gasteiger charge is -2.13. The largest absolute Gasteiger partial charge is 0.491 e. The summed E-state index contributed by atoms with van der Waals surface area (Å²) in [5.41, 5.74) is 5.44. The second kappa shape index (κ2) is 10.2. The van der Waals surface area contributed by atoms with Crippen LogP contribution in [0, 0.1) is 26.7 Å². The average Bonchev–Trinajstić information content (AvgIpc) is 3.18. The van der Waals surface area contributed by atoms with E-state index in [1.165, 1.54) is 11.1 Å². The highest BCUT2D eigenvalue weighted by atomic mass is 16.5. The monoisotopic (exact) mass is 471 g/mol. The van der Waals surface area contributed by atoms with Gasteiger partial charge in [0, 0.05) is 36.2 Å². The van der Waals surface area contributed by atoms with Crippen molar-refractivity contribution in [3.8, 4) is 17.2 Å². The number of pyridine rings is 1. The van der Waals surface area contributed by atoms with Crippen molar-refractivity contribution >= 4 is 22.5 Å². The summed E-state index contributed by atoms with van der Waals surface area (Å²) >= 11 is 0. The van der Waals surface area contributed by atoms with Crippen molar-refractivity contribution in [2.45, 2.75) is 48.1 Å². The predicted octanol–water partition coefficient (Wildman–Crippen LogP) is 7.06. The minimum Gasteiger partial charge on any atom is -0.491 e. The zero-order valence-electron chi connectivity index (χ0n) is 21.3. The van der Waals surface area contributed by atoms with Gasteiger partial charge in [-0.2, -0.15) is 0 Å². The number of carbonyl (C=O) groups excluding carboxylic acids is 1. The third-order valence-electron chi connectivity index (χ3n) is 5.93. The van der Waals surface area contributed by atoms with Crippen LogP contribution in [0.2, 0.25) is 0 Å². The maximum absolute atomic E-state index is 13.1. The fourth-order valence-corrected chi connectivity index (χ4v) is 4.08. The summed E-state index contributed by atoms with van der Waals surface area (Å²) < 4.78 is 14.0. The maximum atomic E-state index is 13.1. The lowest BCUT2D eigenvalue weighted by Crippen LogP contribution is -2.13. The first kappa shape index (κ1) is 24.3. The number of nitrogens with one attached hydrogen (secondary N) is 1. The van der Waals surface area contributed by atoms with Crippen molar-refractivity contribution in [1.82, 2.24) is 9.55 Å². The molecule has 0 bridgehead atoms. The molecule has 0 saturated heterocycles. The zero-order valence-corrected chi connectivity index (χ0v) is 21.3. The fourth-order valence-electron chi connectivity index (χ4n) is 4.08. The smallest absolute Gasteiger partial charge is 0.260 e. The van der Waals surface area contributed by atoms with Crippen LogP contribution in [0.4, 0.5) is 5.69 Å². The van der Waals surface area contributed by atoms with Crippen molar-refractivity contribution in [3.63, 3.8) is 0 Å². The molecular formula is C29H33N3O3. The topological polar surface area (TPSA) is 65.4 Å². The molecule has 2 aromatic carbocycles. The fraction of sp³-hybridized carbons (Fsp3) is 0.310. The minimum atomic E-state index is -0.199. The average molecular weight is 472 g/mol. The van der Waals surface area contributed by atoms with Crippen LogP contribution < -0.4 is 14.8 Å². The highest BCUT2D eigenvalue weighted by Crippen LogP contribution is 2.33. The van der Waals surface area contributed by atoms with Gasteiger partial charge < -0.3 is 19.4 Å². The van der Waals surface area contributed by atoms with Crippen LogP contribution in [0.15, 0.2) is 55.0 Å². The standard InChI is InChI=1S/C29H33N3O3/c1-7-34-28-17-32(15-18(2)3)16-24(28)29(33)31-22-8-9-26(21(6)12-22)35-27-10-11-30-25-14-20(5)19(4)13-23(25)27/h8-14,16-18H,7,15H2,1-6H3,(H,31,33). The van der Waals surface area contributed by atoms with E-state index < -0.39 is 0 Å². The summed E-state index contributed by atoms with van der Waals surface area (Å²) in [6.45, 7) is 13.7. The Hall–Kier alpha value is -3.80. The normalized spacial score (nSPS) is 11.2. The molecule has 2 aromatic heterocycles. The molecule has 4 aromatic rings. The molecule has 0 aliphatic heterocycles. The minimum absolute atomic E-state index is 0.199. The van der Waals surface area contributed by atoms with Gasteiger partial charge in [0.15, 0.2) is 0 Å². The van der Waals surface area contributed by atoms with Gasteiger partial charge in [0.25, 0.3) is 5.91 Å². The molecule has 35 heavy (non-hydrogen) atoms. The van der Waals surface area contributed by atoms with Gasteiger partial charge in [-0.1, -0.05) is 13.8 Å². The molecule has 0 fully saturated rings. The molecule has 0 saturated carbocycles. The van der Waals surface area contributed by atoms with Crippen LogP contribution in [0.3, 0.4) is 0 Å². The number of hydrogen-bond acceptors (Lipinski definition) is 4. The first-order valence-corrected chi connectivity index (χ1v) is 12.0. The molecule has 1 amide bonds. The number of fused-ring (bicyclic) bond motifs is 1. The maximum Gasteiger partial charge on any atom is 0.260 e. The zero-order chi connectivity index (χ0) is 25.1. The Morgan fingerprint density at radius 1 is 0.971 bits per heavy atom. The van der Waals surface area contributed by atoms with Crippen LogP contribution in [0.1, 0.15) is 47.8 Å². The molecule has 6 heteroatoms. The van der Waals surface area contributed by atoms with E-state index in [-0.39, 0.29) is 5.91 Å². The summed E-state index contributed by atoms with van der Waals surface area (Å²) in [5, 5.41) is 3.97. The van der Waals surface area contributed by atoms with Gasteiger partial charge in [0.05, 0.1) is 17.7 Å². The molecule has 182 valence electrons. The highest BCUT2D eigenvalue weighted by molar-refractivity contribution is 6.06. The van der Waals surface area contributed by atoms with E-state index in [2.05, 4.69) is 50.1 Å². The Morgan fingerprint density at radius 2 is 1.74 bits per heavy atom. The number of benzene rings is 2. The Kier molecular flexibility index (Phi) is 7.10. The summed E-state index contributed by atoms with van der Waals surface area (Å²) in [6.07, 6.45) is 5.50. The summed E-state index contributed by atoms with van der Waals surface area (Å²) in [7, 11) is 0. The number of anilines is 1. The van der Waals surface area contributed by atoms with Gasteiger partial charge in [-0.05, 0) is 86.7 Å². The van der Waals surface area contributed by atoms with Gasteiger partial charge in [-0.25, -0.2) is 0 Å². The Balaban J connectivity index is 1.55. The molecule has 0 radical (unpaired) electrons. The van der Waals surface area contributed by atoms with Crippen molar-refractivity contribution in [1.29, 1.82) is 0 Å². The van der Waals surface area contributed by atoms with Gasteiger partial charge in [-0.15, -0.1) is 0 Å². The van der Waals surface area contributed by atoms with Crippen molar-refractivity contribution in [2.75, 3.05) is 11.9 Å². The van der Waals surface area contributed by atoms with E-state index in [0.717, 1.165) is 34.5 Å². The van der Waals surface area contributed by atoms with Gasteiger partial charge >= 0.3 is 0 Å². The SMILES string of the molecule is CCOc1cn(CC(C)C)cc1C(=O)Nc1ccc(Oc2ccnc3cc(C)c(C)cc23)c(C)c1. The third kappa shape index (κ3) is 5.48. The molecule has 0 spiro atoms. The first-order chi connectivity index (χ1) is 16.7. The third-order valence-corrected chi connectivity index (χ3v) is 5.93. The molecule has 0 atom stereocenters. The molecule has 0 aliphatic rings. The van der Waals surface area contributed by atoms with Crippen LogP contribution in [-0.2, 0) is 6.54 Å². The summed E-state index contributed by atoms with van der Waals surface area (Å²) in [5.74, 6) is 2.35.